The number of aromatic amines is 1. The third-order valence-corrected chi connectivity index (χ3v) is 6.26. The van der Waals surface area contributed by atoms with E-state index in [0.717, 1.165) is 37.1 Å². The van der Waals surface area contributed by atoms with Crippen molar-refractivity contribution in [3.05, 3.63) is 96.2 Å². The number of aromatic nitrogens is 1. The Bertz CT molecular complexity index is 1260. The largest absolute Gasteiger partial charge is 0.361 e. The van der Waals surface area contributed by atoms with Crippen molar-refractivity contribution in [3.63, 3.8) is 0 Å². The zero-order chi connectivity index (χ0) is 22.6. The fourth-order valence-corrected chi connectivity index (χ4v) is 4.52. The van der Waals surface area contributed by atoms with E-state index in [1.165, 1.54) is 10.9 Å². The second-order valence-corrected chi connectivity index (χ2v) is 8.38. The molecule has 0 saturated carbocycles. The number of piperidine rings is 1. The van der Waals surface area contributed by atoms with Gasteiger partial charge in [0.05, 0.1) is 0 Å². The molecular weight excluding hydrogens is 412 g/mol. The van der Waals surface area contributed by atoms with E-state index >= 15 is 0 Å². The summed E-state index contributed by atoms with van der Waals surface area (Å²) in [6, 6.07) is 24.4. The number of carbonyl (C=O) groups is 2. The Morgan fingerprint density at radius 1 is 0.788 bits per heavy atom. The van der Waals surface area contributed by atoms with Gasteiger partial charge in [0.15, 0.2) is 0 Å². The fraction of sp³-hybridized carbons (Fsp3) is 0.185. The highest BCUT2D eigenvalue weighted by molar-refractivity contribution is 6.00. The van der Waals surface area contributed by atoms with E-state index in [4.69, 9.17) is 0 Å². The van der Waals surface area contributed by atoms with Crippen molar-refractivity contribution >= 4 is 34.2 Å². The first-order valence-corrected chi connectivity index (χ1v) is 11.3. The molecule has 1 fully saturated rings. The molecule has 5 rings (SSSR count). The summed E-state index contributed by atoms with van der Waals surface area (Å²) < 4.78 is 0. The lowest BCUT2D eigenvalue weighted by atomic mass is 9.89. The van der Waals surface area contributed by atoms with Crippen molar-refractivity contribution in [1.82, 2.24) is 9.88 Å². The van der Waals surface area contributed by atoms with Gasteiger partial charge in [-0.15, -0.1) is 0 Å². The number of anilines is 2. The molecule has 0 unspecified atom stereocenters. The lowest BCUT2D eigenvalue weighted by Crippen LogP contribution is -2.37. The summed E-state index contributed by atoms with van der Waals surface area (Å²) in [5.74, 6) is 0.493. The molecule has 2 heterocycles. The summed E-state index contributed by atoms with van der Waals surface area (Å²) in [5.41, 5.74) is 4.50. The van der Waals surface area contributed by atoms with Crippen LogP contribution >= 0.6 is 0 Å². The standard InChI is InChI=1S/C27H26N4O2/c32-26(20-10-12-22(13-11-20)30-27(33)29-21-6-2-1-3-7-21)31-16-14-19(15-17-31)24-18-28-25-9-5-4-8-23(24)25/h1-13,18-19,28H,14-17H2,(H2,29,30,33). The summed E-state index contributed by atoms with van der Waals surface area (Å²) in [6.45, 7) is 1.48. The molecule has 166 valence electrons. The van der Waals surface area contributed by atoms with Crippen molar-refractivity contribution in [2.75, 3.05) is 23.7 Å². The number of likely N-dealkylation sites (tertiary alicyclic amines) is 1. The molecule has 1 aliphatic rings. The van der Waals surface area contributed by atoms with Crippen molar-refractivity contribution in [2.45, 2.75) is 18.8 Å². The first kappa shape index (κ1) is 20.8. The average molecular weight is 439 g/mol. The minimum atomic E-state index is -0.320. The maximum atomic E-state index is 13.0. The van der Waals surface area contributed by atoms with Gasteiger partial charge >= 0.3 is 6.03 Å². The van der Waals surface area contributed by atoms with Crippen LogP contribution in [0, 0.1) is 0 Å². The highest BCUT2D eigenvalue weighted by Crippen LogP contribution is 2.33. The number of carbonyl (C=O) groups excluding carboxylic acids is 2. The summed E-state index contributed by atoms with van der Waals surface area (Å²) >= 11 is 0. The molecule has 3 amide bonds. The van der Waals surface area contributed by atoms with Gasteiger partial charge < -0.3 is 20.5 Å². The lowest BCUT2D eigenvalue weighted by molar-refractivity contribution is 0.0713. The number of amides is 3. The van der Waals surface area contributed by atoms with E-state index in [2.05, 4.69) is 40.0 Å². The van der Waals surface area contributed by atoms with Crippen LogP contribution in [0.2, 0.25) is 0 Å². The first-order chi connectivity index (χ1) is 16.2. The Hall–Kier alpha value is -4.06. The van der Waals surface area contributed by atoms with Crippen molar-refractivity contribution in [3.8, 4) is 0 Å². The van der Waals surface area contributed by atoms with Crippen molar-refractivity contribution < 1.29 is 9.59 Å². The third-order valence-electron chi connectivity index (χ3n) is 6.26. The van der Waals surface area contributed by atoms with Crippen LogP contribution in [0.4, 0.5) is 16.2 Å². The van der Waals surface area contributed by atoms with E-state index < -0.39 is 0 Å². The molecule has 4 aromatic rings. The molecule has 33 heavy (non-hydrogen) atoms. The van der Waals surface area contributed by atoms with E-state index in [1.807, 2.05) is 41.3 Å². The van der Waals surface area contributed by atoms with Gasteiger partial charge in [0.1, 0.15) is 0 Å². The van der Waals surface area contributed by atoms with Crippen LogP contribution in [0.1, 0.15) is 34.7 Å². The van der Waals surface area contributed by atoms with Crippen LogP contribution in [0.25, 0.3) is 10.9 Å². The van der Waals surface area contributed by atoms with Gasteiger partial charge in [0.25, 0.3) is 5.91 Å². The molecule has 0 atom stereocenters. The van der Waals surface area contributed by atoms with Gasteiger partial charge in [0.2, 0.25) is 0 Å². The Morgan fingerprint density at radius 2 is 1.42 bits per heavy atom. The number of hydrogen-bond acceptors (Lipinski definition) is 2. The SMILES string of the molecule is O=C(Nc1ccccc1)Nc1ccc(C(=O)N2CCC(c3c[nH]c4ccccc34)CC2)cc1. The van der Waals surface area contributed by atoms with Crippen LogP contribution in [0.15, 0.2) is 85.1 Å². The van der Waals surface area contributed by atoms with Gasteiger partial charge in [-0.1, -0.05) is 36.4 Å². The lowest BCUT2D eigenvalue weighted by Gasteiger charge is -2.32. The molecule has 0 bridgehead atoms. The number of nitrogens with zero attached hydrogens (tertiary/aromatic N) is 1. The number of H-pyrrole nitrogens is 1. The van der Waals surface area contributed by atoms with Crippen LogP contribution in [-0.4, -0.2) is 34.9 Å². The maximum absolute atomic E-state index is 13.0. The number of benzene rings is 3. The summed E-state index contributed by atoms with van der Waals surface area (Å²) in [7, 11) is 0. The summed E-state index contributed by atoms with van der Waals surface area (Å²) in [6.07, 6.45) is 4.02. The van der Waals surface area contributed by atoms with Gasteiger partial charge in [0, 0.05) is 47.1 Å². The van der Waals surface area contributed by atoms with Gasteiger partial charge in [-0.2, -0.15) is 0 Å². The highest BCUT2D eigenvalue weighted by Gasteiger charge is 2.26. The molecule has 3 N–H and O–H groups in total. The van der Waals surface area contributed by atoms with Crippen LogP contribution in [-0.2, 0) is 0 Å². The number of urea groups is 1. The van der Waals surface area contributed by atoms with Gasteiger partial charge in [-0.05, 0) is 66.8 Å². The molecule has 1 aliphatic heterocycles. The zero-order valence-electron chi connectivity index (χ0n) is 18.3. The van der Waals surface area contributed by atoms with Crippen molar-refractivity contribution in [2.24, 2.45) is 0 Å². The number of hydrogen-bond donors (Lipinski definition) is 3. The van der Waals surface area contributed by atoms with E-state index in [-0.39, 0.29) is 11.9 Å². The Morgan fingerprint density at radius 3 is 2.15 bits per heavy atom. The average Bonchev–Trinajstić information content (AvgIpc) is 3.29. The quantitative estimate of drug-likeness (QED) is 0.375. The molecule has 1 saturated heterocycles. The molecule has 1 aromatic heterocycles. The molecule has 6 heteroatoms. The number of rotatable bonds is 4. The number of nitrogens with one attached hydrogen (secondary N) is 3. The second kappa shape index (κ2) is 9.20. The predicted octanol–water partition coefficient (Wildman–Crippen LogP) is 5.83. The van der Waals surface area contributed by atoms with E-state index in [1.54, 1.807) is 24.3 Å². The summed E-state index contributed by atoms with van der Waals surface area (Å²) in [5, 5.41) is 6.85. The minimum absolute atomic E-state index is 0.0349. The Kier molecular flexibility index (Phi) is 5.81. The molecule has 6 nitrogen and oxygen atoms in total. The predicted molar refractivity (Wildman–Crippen MR) is 132 cm³/mol. The third kappa shape index (κ3) is 4.60. The maximum Gasteiger partial charge on any atom is 0.323 e. The fourth-order valence-electron chi connectivity index (χ4n) is 4.52. The topological polar surface area (TPSA) is 77.2 Å². The first-order valence-electron chi connectivity index (χ1n) is 11.3. The van der Waals surface area contributed by atoms with Crippen LogP contribution < -0.4 is 10.6 Å². The number of para-hydroxylation sites is 2. The Labute approximate surface area is 192 Å². The highest BCUT2D eigenvalue weighted by atomic mass is 16.2. The normalized spacial score (nSPS) is 14.2. The molecule has 0 aliphatic carbocycles. The monoisotopic (exact) mass is 438 g/mol. The minimum Gasteiger partial charge on any atom is -0.361 e. The van der Waals surface area contributed by atoms with E-state index in [9.17, 15) is 9.59 Å². The number of fused-ring (bicyclic) bond motifs is 1. The Balaban J connectivity index is 1.17. The van der Waals surface area contributed by atoms with Crippen LogP contribution in [0.3, 0.4) is 0 Å². The summed E-state index contributed by atoms with van der Waals surface area (Å²) in [4.78, 5) is 30.4. The molecule has 0 radical (unpaired) electrons. The van der Waals surface area contributed by atoms with E-state index in [0.29, 0.717) is 17.2 Å². The second-order valence-electron chi connectivity index (χ2n) is 8.38. The smallest absolute Gasteiger partial charge is 0.323 e. The molecular formula is C27H26N4O2. The molecule has 0 spiro atoms. The van der Waals surface area contributed by atoms with Gasteiger partial charge in [-0.3, -0.25) is 4.79 Å². The molecule has 3 aromatic carbocycles. The van der Waals surface area contributed by atoms with Crippen LogP contribution in [0.5, 0.6) is 0 Å². The van der Waals surface area contributed by atoms with Gasteiger partial charge in [-0.25, -0.2) is 4.79 Å². The zero-order valence-corrected chi connectivity index (χ0v) is 18.3. The van der Waals surface area contributed by atoms with Crippen molar-refractivity contribution in [1.29, 1.82) is 0 Å².